The first kappa shape index (κ1) is 17.7. The maximum Gasteiger partial charge on any atom is 0.277 e. The summed E-state index contributed by atoms with van der Waals surface area (Å²) in [5.41, 5.74) is 1.09. The van der Waals surface area contributed by atoms with Crippen molar-refractivity contribution in [3.63, 3.8) is 0 Å². The fourth-order valence-electron chi connectivity index (χ4n) is 2.85. The second-order valence-electron chi connectivity index (χ2n) is 5.75. The molecule has 1 saturated heterocycles. The zero-order chi connectivity index (χ0) is 18.5. The van der Waals surface area contributed by atoms with E-state index in [-0.39, 0.29) is 29.7 Å². The highest BCUT2D eigenvalue weighted by atomic mass is 16.5. The van der Waals surface area contributed by atoms with E-state index in [4.69, 9.17) is 9.47 Å². The Bertz CT molecular complexity index is 797. The van der Waals surface area contributed by atoms with Crippen molar-refractivity contribution in [3.8, 4) is 11.8 Å². The zero-order valence-electron chi connectivity index (χ0n) is 14.7. The van der Waals surface area contributed by atoms with Crippen molar-refractivity contribution in [1.82, 2.24) is 20.0 Å². The van der Waals surface area contributed by atoms with Crippen LogP contribution in [0.2, 0.25) is 0 Å². The first-order valence-electron chi connectivity index (χ1n) is 8.24. The van der Waals surface area contributed by atoms with Crippen molar-refractivity contribution < 1.29 is 19.1 Å². The van der Waals surface area contributed by atoms with Gasteiger partial charge >= 0.3 is 0 Å². The van der Waals surface area contributed by atoms with Crippen molar-refractivity contribution in [2.75, 3.05) is 27.3 Å². The Labute approximate surface area is 151 Å². The predicted octanol–water partition coefficient (Wildman–Crippen LogP) is 1.33. The Morgan fingerprint density at radius 3 is 2.62 bits per heavy atom. The maximum atomic E-state index is 13.0. The molecule has 0 spiro atoms. The standard InChI is InChI=1S/C18H20N4O4/c1-25-15-7-6-14(17(20-15)26-2)18(24)22-10-4-9-21(22)16(23)11-13-5-3-8-19-12-13/h3,5-8,12H,4,9-11H2,1-2H3. The largest absolute Gasteiger partial charge is 0.481 e. The van der Waals surface area contributed by atoms with Gasteiger partial charge in [-0.25, -0.2) is 5.01 Å². The summed E-state index contributed by atoms with van der Waals surface area (Å²) in [5.74, 6) is 0.0450. The van der Waals surface area contributed by atoms with Gasteiger partial charge in [-0.3, -0.25) is 19.6 Å². The second-order valence-corrected chi connectivity index (χ2v) is 5.75. The molecule has 8 heteroatoms. The molecule has 1 fully saturated rings. The molecule has 0 atom stereocenters. The summed E-state index contributed by atoms with van der Waals surface area (Å²) in [5, 5.41) is 2.93. The van der Waals surface area contributed by atoms with Gasteiger partial charge in [0.2, 0.25) is 17.7 Å². The molecule has 1 aliphatic rings. The molecule has 26 heavy (non-hydrogen) atoms. The van der Waals surface area contributed by atoms with Gasteiger partial charge in [0.1, 0.15) is 5.56 Å². The smallest absolute Gasteiger partial charge is 0.277 e. The predicted molar refractivity (Wildman–Crippen MR) is 92.6 cm³/mol. The van der Waals surface area contributed by atoms with Gasteiger partial charge in [0.15, 0.2) is 0 Å². The quantitative estimate of drug-likeness (QED) is 0.803. The molecule has 136 valence electrons. The van der Waals surface area contributed by atoms with Crippen LogP contribution in [0.15, 0.2) is 36.7 Å². The van der Waals surface area contributed by atoms with Crippen molar-refractivity contribution in [2.24, 2.45) is 0 Å². The minimum absolute atomic E-state index is 0.149. The number of nitrogens with zero attached hydrogens (tertiary/aromatic N) is 4. The highest BCUT2D eigenvalue weighted by Crippen LogP contribution is 2.24. The summed E-state index contributed by atoms with van der Waals surface area (Å²) in [7, 11) is 2.93. The first-order valence-corrected chi connectivity index (χ1v) is 8.24. The Kier molecular flexibility index (Phi) is 5.31. The number of aromatic nitrogens is 2. The Morgan fingerprint density at radius 2 is 1.92 bits per heavy atom. The molecule has 0 radical (unpaired) electrons. The van der Waals surface area contributed by atoms with E-state index in [1.807, 2.05) is 6.07 Å². The molecule has 2 aromatic rings. The summed E-state index contributed by atoms with van der Waals surface area (Å²) < 4.78 is 10.3. The Morgan fingerprint density at radius 1 is 1.12 bits per heavy atom. The second kappa shape index (κ2) is 7.81. The van der Waals surface area contributed by atoms with E-state index in [2.05, 4.69) is 9.97 Å². The number of amides is 2. The number of hydrazine groups is 1. The van der Waals surface area contributed by atoms with Gasteiger partial charge in [-0.1, -0.05) is 6.07 Å². The third-order valence-electron chi connectivity index (χ3n) is 4.10. The van der Waals surface area contributed by atoms with Crippen LogP contribution in [0, 0.1) is 0 Å². The number of methoxy groups -OCH3 is 2. The number of hydrogen-bond acceptors (Lipinski definition) is 6. The number of pyridine rings is 2. The average molecular weight is 356 g/mol. The van der Waals surface area contributed by atoms with Crippen LogP contribution in [0.3, 0.4) is 0 Å². The summed E-state index contributed by atoms with van der Waals surface area (Å²) in [6.07, 6.45) is 4.21. The Balaban J connectivity index is 1.79. The normalized spacial score (nSPS) is 13.6. The topological polar surface area (TPSA) is 84.9 Å². The molecule has 3 rings (SSSR count). The van der Waals surface area contributed by atoms with Crippen LogP contribution in [-0.4, -0.2) is 59.1 Å². The van der Waals surface area contributed by atoms with Crippen LogP contribution in [-0.2, 0) is 11.2 Å². The Hall–Kier alpha value is -3.16. The lowest BCUT2D eigenvalue weighted by molar-refractivity contribution is -0.139. The number of rotatable bonds is 5. The van der Waals surface area contributed by atoms with Crippen molar-refractivity contribution >= 4 is 11.8 Å². The van der Waals surface area contributed by atoms with E-state index in [0.29, 0.717) is 19.0 Å². The monoisotopic (exact) mass is 356 g/mol. The van der Waals surface area contributed by atoms with E-state index in [0.717, 1.165) is 12.0 Å². The van der Waals surface area contributed by atoms with E-state index in [9.17, 15) is 9.59 Å². The molecule has 8 nitrogen and oxygen atoms in total. The molecule has 0 aromatic carbocycles. The average Bonchev–Trinajstić information content (AvgIpc) is 3.17. The summed E-state index contributed by atoms with van der Waals surface area (Å²) in [4.78, 5) is 33.8. The van der Waals surface area contributed by atoms with Gasteiger partial charge in [-0.2, -0.15) is 4.98 Å². The molecule has 0 aliphatic carbocycles. The van der Waals surface area contributed by atoms with Crippen molar-refractivity contribution in [3.05, 3.63) is 47.8 Å². The van der Waals surface area contributed by atoms with Crippen LogP contribution in [0.1, 0.15) is 22.3 Å². The number of ether oxygens (including phenoxy) is 2. The molecular formula is C18H20N4O4. The molecular weight excluding hydrogens is 336 g/mol. The van der Waals surface area contributed by atoms with Crippen LogP contribution in [0.25, 0.3) is 0 Å². The summed E-state index contributed by atoms with van der Waals surface area (Å²) in [6.45, 7) is 0.962. The van der Waals surface area contributed by atoms with Crippen molar-refractivity contribution in [1.29, 1.82) is 0 Å². The first-order chi connectivity index (χ1) is 12.6. The minimum Gasteiger partial charge on any atom is -0.481 e. The molecule has 2 amide bonds. The van der Waals surface area contributed by atoms with Crippen LogP contribution < -0.4 is 9.47 Å². The summed E-state index contributed by atoms with van der Waals surface area (Å²) in [6, 6.07) is 6.80. The van der Waals surface area contributed by atoms with Gasteiger partial charge in [-0.05, 0) is 24.1 Å². The third kappa shape index (κ3) is 3.58. The fraction of sp³-hybridized carbons (Fsp3) is 0.333. The molecule has 0 saturated carbocycles. The molecule has 1 aliphatic heterocycles. The lowest BCUT2D eigenvalue weighted by atomic mass is 10.2. The third-order valence-corrected chi connectivity index (χ3v) is 4.10. The SMILES string of the molecule is COc1ccc(C(=O)N2CCCN2C(=O)Cc2cccnc2)c(OC)n1. The van der Waals surface area contributed by atoms with E-state index in [1.165, 1.54) is 24.2 Å². The van der Waals surface area contributed by atoms with E-state index in [1.54, 1.807) is 30.6 Å². The number of hydrogen-bond donors (Lipinski definition) is 0. The van der Waals surface area contributed by atoms with Gasteiger partial charge in [0, 0.05) is 31.5 Å². The molecule has 0 N–H and O–H groups in total. The lowest BCUT2D eigenvalue weighted by Gasteiger charge is -2.28. The maximum absolute atomic E-state index is 13.0. The zero-order valence-corrected chi connectivity index (χ0v) is 14.7. The van der Waals surface area contributed by atoms with Gasteiger partial charge in [0.05, 0.1) is 20.6 Å². The minimum atomic E-state index is -0.325. The van der Waals surface area contributed by atoms with Crippen LogP contribution in [0.5, 0.6) is 11.8 Å². The van der Waals surface area contributed by atoms with Gasteiger partial charge in [-0.15, -0.1) is 0 Å². The molecule has 2 aromatic heterocycles. The fourth-order valence-corrected chi connectivity index (χ4v) is 2.85. The summed E-state index contributed by atoms with van der Waals surface area (Å²) >= 11 is 0. The molecule has 0 unspecified atom stereocenters. The van der Waals surface area contributed by atoms with Crippen LogP contribution in [0.4, 0.5) is 0 Å². The van der Waals surface area contributed by atoms with E-state index >= 15 is 0 Å². The van der Waals surface area contributed by atoms with Gasteiger partial charge < -0.3 is 9.47 Å². The highest BCUT2D eigenvalue weighted by Gasteiger charge is 2.33. The lowest BCUT2D eigenvalue weighted by Crippen LogP contribution is -2.45. The number of carbonyl (C=O) groups is 2. The molecule has 0 bridgehead atoms. The van der Waals surface area contributed by atoms with Crippen LogP contribution >= 0.6 is 0 Å². The van der Waals surface area contributed by atoms with Crippen molar-refractivity contribution in [2.45, 2.75) is 12.8 Å². The molecule has 3 heterocycles. The van der Waals surface area contributed by atoms with Gasteiger partial charge in [0.25, 0.3) is 5.91 Å². The highest BCUT2D eigenvalue weighted by molar-refractivity contribution is 5.97. The number of carbonyl (C=O) groups excluding carboxylic acids is 2. The van der Waals surface area contributed by atoms with E-state index < -0.39 is 0 Å².